The molecule has 11 rings (SSSR count). The van der Waals surface area contributed by atoms with Crippen molar-refractivity contribution in [3.8, 4) is 0 Å². The molecule has 0 radical (unpaired) electrons. The third kappa shape index (κ3) is 2.33. The number of benzene rings is 2. The van der Waals surface area contributed by atoms with Crippen LogP contribution >= 0.6 is 0 Å². The second kappa shape index (κ2) is 7.52. The zero-order chi connectivity index (χ0) is 27.5. The number of hydrogen-bond donors (Lipinski definition) is 0. The maximum Gasteiger partial charge on any atom is 0.0681 e. The van der Waals surface area contributed by atoms with Gasteiger partial charge in [0.1, 0.15) is 0 Å². The third-order valence-corrected chi connectivity index (χ3v) is 13.9. The van der Waals surface area contributed by atoms with Gasteiger partial charge in [-0.15, -0.1) is 0 Å². The summed E-state index contributed by atoms with van der Waals surface area (Å²) in [6.07, 6.45) is 15.5. The summed E-state index contributed by atoms with van der Waals surface area (Å²) in [7, 11) is 0. The highest BCUT2D eigenvalue weighted by Crippen LogP contribution is 2.67. The van der Waals surface area contributed by atoms with E-state index in [1.807, 2.05) is 0 Å². The number of rotatable bonds is 0. The molecule has 4 nitrogen and oxygen atoms in total. The van der Waals surface area contributed by atoms with Gasteiger partial charge in [0.2, 0.25) is 0 Å². The molecule has 2 spiro atoms. The van der Waals surface area contributed by atoms with Crippen LogP contribution in [0, 0.1) is 11.8 Å². The molecule has 7 aliphatic heterocycles. The van der Waals surface area contributed by atoms with E-state index >= 15 is 0 Å². The Labute approximate surface area is 249 Å². The molecule has 2 aromatic rings. The molecule has 2 aromatic carbocycles. The van der Waals surface area contributed by atoms with Crippen molar-refractivity contribution < 1.29 is 0 Å². The Balaban J connectivity index is 1.25. The average Bonchev–Trinajstić information content (AvgIpc) is 3.75. The van der Waals surface area contributed by atoms with Crippen molar-refractivity contribution in [2.75, 3.05) is 36.0 Å². The molecular weight excluding hydrogens is 512 g/mol. The van der Waals surface area contributed by atoms with Gasteiger partial charge in [-0.1, -0.05) is 59.7 Å². The lowest BCUT2D eigenvalue weighted by Gasteiger charge is -2.57. The van der Waals surface area contributed by atoms with Crippen LogP contribution in [0.5, 0.6) is 0 Å². The Morgan fingerprint density at radius 1 is 0.643 bits per heavy atom. The zero-order valence-corrected chi connectivity index (χ0v) is 24.8. The lowest BCUT2D eigenvalue weighted by atomic mass is 9.56. The molecule has 7 heterocycles. The molecule has 2 aliphatic carbocycles. The van der Waals surface area contributed by atoms with Gasteiger partial charge in [-0.2, -0.15) is 0 Å². The molecule has 4 saturated heterocycles. The lowest BCUT2D eigenvalue weighted by molar-refractivity contribution is 0.122. The molecular formula is C38H40N4. The van der Waals surface area contributed by atoms with E-state index in [1.165, 1.54) is 50.1 Å². The molecule has 8 atom stereocenters. The molecule has 0 N–H and O–H groups in total. The largest absolute Gasteiger partial charge is 0.339 e. The fourth-order valence-electron chi connectivity index (χ4n) is 12.5. The van der Waals surface area contributed by atoms with Gasteiger partial charge in [-0.05, 0) is 87.0 Å². The summed E-state index contributed by atoms with van der Waals surface area (Å²) in [6, 6.07) is 21.2. The average molecular weight is 553 g/mol. The summed E-state index contributed by atoms with van der Waals surface area (Å²) in [6.45, 7) is 9.33. The summed E-state index contributed by atoms with van der Waals surface area (Å²) in [5.41, 5.74) is 13.3. The number of allylic oxidation sites excluding steroid dienone is 2. The first kappa shape index (κ1) is 23.4. The highest BCUT2D eigenvalue weighted by molar-refractivity contribution is 5.77. The van der Waals surface area contributed by atoms with Crippen molar-refractivity contribution in [2.24, 2.45) is 11.8 Å². The van der Waals surface area contributed by atoms with Gasteiger partial charge in [0.25, 0.3) is 0 Å². The summed E-state index contributed by atoms with van der Waals surface area (Å²) < 4.78 is 0. The van der Waals surface area contributed by atoms with Crippen LogP contribution in [-0.2, 0) is 10.8 Å². The first-order chi connectivity index (χ1) is 20.7. The summed E-state index contributed by atoms with van der Waals surface area (Å²) >= 11 is 0. The molecule has 0 amide bonds. The summed E-state index contributed by atoms with van der Waals surface area (Å²) in [4.78, 5) is 11.4. The van der Waals surface area contributed by atoms with Crippen LogP contribution < -0.4 is 9.80 Å². The molecule has 2 saturated carbocycles. The molecule has 0 aromatic heterocycles. The SMILES string of the molecule is C/C=C1/CN2CC[C@@]34c5ccccc5N5/C=C6/C7CC8N(CC[C@@]89c8ccccc8N(/C=C(/C1CC23)[C@H]54)[C@@H]69)C/C7=C/C. The van der Waals surface area contributed by atoms with Crippen LogP contribution in [0.1, 0.15) is 50.7 Å². The van der Waals surface area contributed by atoms with E-state index < -0.39 is 0 Å². The maximum absolute atomic E-state index is 2.86. The lowest BCUT2D eigenvalue weighted by Crippen LogP contribution is -2.63. The quantitative estimate of drug-likeness (QED) is 0.365. The molecule has 4 heteroatoms. The fraction of sp³-hybridized carbons (Fsp3) is 0.474. The number of anilines is 2. The first-order valence-corrected chi connectivity index (χ1v) is 16.7. The molecule has 212 valence electrons. The van der Waals surface area contributed by atoms with E-state index in [9.17, 15) is 0 Å². The van der Waals surface area contributed by atoms with E-state index in [0.29, 0.717) is 36.0 Å². The van der Waals surface area contributed by atoms with Crippen LogP contribution in [0.25, 0.3) is 0 Å². The number of hydrogen-bond acceptors (Lipinski definition) is 4. The van der Waals surface area contributed by atoms with Crippen LogP contribution in [0.15, 0.2) is 95.4 Å². The number of piperidine rings is 2. The molecule has 4 bridgehead atoms. The number of fused-ring (bicyclic) bond motifs is 8. The van der Waals surface area contributed by atoms with Crippen LogP contribution in [0.4, 0.5) is 11.4 Å². The Hall–Kier alpha value is -3.08. The topological polar surface area (TPSA) is 13.0 Å². The smallest absolute Gasteiger partial charge is 0.0681 e. The van der Waals surface area contributed by atoms with Gasteiger partial charge in [-0.25, -0.2) is 0 Å². The van der Waals surface area contributed by atoms with Crippen molar-refractivity contribution in [2.45, 2.75) is 74.5 Å². The van der Waals surface area contributed by atoms with Gasteiger partial charge in [0.05, 0.1) is 12.1 Å². The van der Waals surface area contributed by atoms with Crippen molar-refractivity contribution in [1.82, 2.24) is 9.80 Å². The van der Waals surface area contributed by atoms with Gasteiger partial charge in [0.15, 0.2) is 0 Å². The van der Waals surface area contributed by atoms with Crippen molar-refractivity contribution >= 4 is 11.4 Å². The van der Waals surface area contributed by atoms with Crippen LogP contribution in [-0.4, -0.2) is 60.1 Å². The van der Waals surface area contributed by atoms with Crippen molar-refractivity contribution in [1.29, 1.82) is 0 Å². The van der Waals surface area contributed by atoms with Gasteiger partial charge in [-0.3, -0.25) is 9.80 Å². The van der Waals surface area contributed by atoms with Crippen molar-refractivity contribution in [3.63, 3.8) is 0 Å². The summed E-state index contributed by atoms with van der Waals surface area (Å²) in [5.74, 6) is 1.08. The van der Waals surface area contributed by atoms with Gasteiger partial charge in [0, 0.05) is 71.6 Å². The molecule has 4 unspecified atom stereocenters. The normalized spacial score (nSPS) is 46.0. The number of nitrogens with zero attached hydrogens (tertiary/aromatic N) is 4. The van der Waals surface area contributed by atoms with Gasteiger partial charge >= 0.3 is 0 Å². The fourth-order valence-corrected chi connectivity index (χ4v) is 12.5. The monoisotopic (exact) mass is 552 g/mol. The van der Waals surface area contributed by atoms with Gasteiger partial charge < -0.3 is 9.80 Å². The standard InChI is InChI=1S/C38H40N4/c1-3-23-19-39-15-13-37-29-9-5-8-12-32(29)42-22-28-26-18-34-38(14-16-40(34)20-24(26)4-2)30-10-6-7-11-31(30)41(36(28)38)21-27(35(37)42)25(23)17-33(37)39/h3-12,21-22,25-26,33-36H,13-20H2,1-2H3/b23-3-,24-4-,27-21-,28-22-/t25?,26?,33?,34?,35-,36-,37+,38+/m0/s1. The first-order valence-electron chi connectivity index (χ1n) is 16.7. The van der Waals surface area contributed by atoms with Crippen LogP contribution in [0.3, 0.4) is 0 Å². The highest BCUT2D eigenvalue weighted by atomic mass is 15.3. The minimum Gasteiger partial charge on any atom is -0.339 e. The second-order valence-corrected chi connectivity index (χ2v) is 14.8. The Bertz CT molecular complexity index is 1590. The minimum absolute atomic E-state index is 0.177. The van der Waals surface area contributed by atoms with E-state index in [2.05, 4.69) is 107 Å². The van der Waals surface area contributed by atoms with E-state index in [1.54, 1.807) is 33.4 Å². The third-order valence-electron chi connectivity index (χ3n) is 13.9. The Morgan fingerprint density at radius 3 is 1.55 bits per heavy atom. The van der Waals surface area contributed by atoms with E-state index in [0.717, 1.165) is 13.1 Å². The molecule has 42 heavy (non-hydrogen) atoms. The Morgan fingerprint density at radius 2 is 1.10 bits per heavy atom. The highest BCUT2D eigenvalue weighted by Gasteiger charge is 2.69. The van der Waals surface area contributed by atoms with Crippen molar-refractivity contribution in [3.05, 3.63) is 107 Å². The molecule has 9 aliphatic rings. The maximum atomic E-state index is 2.86. The van der Waals surface area contributed by atoms with E-state index in [-0.39, 0.29) is 10.8 Å². The summed E-state index contributed by atoms with van der Waals surface area (Å²) in [5, 5.41) is 0. The van der Waals surface area contributed by atoms with E-state index in [4.69, 9.17) is 0 Å². The second-order valence-electron chi connectivity index (χ2n) is 14.8. The predicted octanol–water partition coefficient (Wildman–Crippen LogP) is 6.13. The zero-order valence-electron chi connectivity index (χ0n) is 24.8. The number of para-hydroxylation sites is 2. The minimum atomic E-state index is 0.177. The Kier molecular flexibility index (Phi) is 4.19. The molecule has 6 fully saturated rings. The van der Waals surface area contributed by atoms with Crippen LogP contribution in [0.2, 0.25) is 0 Å². The predicted molar refractivity (Wildman–Crippen MR) is 169 cm³/mol.